The number of rotatable bonds is 5. The van der Waals surface area contributed by atoms with Gasteiger partial charge in [-0.05, 0) is 25.3 Å². The summed E-state index contributed by atoms with van der Waals surface area (Å²) in [6.45, 7) is 3.61. The summed E-state index contributed by atoms with van der Waals surface area (Å²) in [5.74, 6) is -1.30. The standard InChI is InChI=1S/C17H20N2O5S2/c1-11-3-5-13(6-4-11)9-12(2)16(20)19-26(23,24)17-14-7-8-25(21,22)15(14)10-18-17/h3-6,10,12,18H,7-9H2,1-2H3,(H,19,20). The number of benzene rings is 1. The van der Waals surface area contributed by atoms with Gasteiger partial charge >= 0.3 is 0 Å². The Bertz CT molecular complexity index is 1050. The van der Waals surface area contributed by atoms with E-state index >= 15 is 0 Å². The normalized spacial score (nSPS) is 16.8. The van der Waals surface area contributed by atoms with E-state index in [0.717, 1.165) is 11.1 Å². The van der Waals surface area contributed by atoms with Gasteiger partial charge in [-0.15, -0.1) is 0 Å². The molecule has 0 radical (unpaired) electrons. The molecule has 7 nitrogen and oxygen atoms in total. The fraction of sp³-hybridized carbons (Fsp3) is 0.353. The Kier molecular flexibility index (Phi) is 4.70. The van der Waals surface area contributed by atoms with E-state index in [2.05, 4.69) is 9.71 Å². The fourth-order valence-electron chi connectivity index (χ4n) is 2.97. The molecule has 9 heteroatoms. The van der Waals surface area contributed by atoms with Crippen molar-refractivity contribution in [3.63, 3.8) is 0 Å². The first-order valence-electron chi connectivity index (χ1n) is 8.15. The lowest BCUT2D eigenvalue weighted by Crippen LogP contribution is -2.36. The van der Waals surface area contributed by atoms with E-state index in [-0.39, 0.29) is 27.7 Å². The molecule has 3 rings (SSSR count). The highest BCUT2D eigenvalue weighted by Crippen LogP contribution is 2.30. The first-order valence-corrected chi connectivity index (χ1v) is 11.3. The second-order valence-electron chi connectivity index (χ2n) is 6.59. The van der Waals surface area contributed by atoms with Gasteiger partial charge in [-0.1, -0.05) is 36.8 Å². The van der Waals surface area contributed by atoms with Crippen molar-refractivity contribution < 1.29 is 21.6 Å². The van der Waals surface area contributed by atoms with E-state index in [4.69, 9.17) is 0 Å². The number of carbonyl (C=O) groups excluding carboxylic acids is 1. The molecule has 1 aliphatic heterocycles. The van der Waals surface area contributed by atoms with Crippen LogP contribution in [0.1, 0.15) is 23.6 Å². The van der Waals surface area contributed by atoms with Crippen LogP contribution >= 0.6 is 0 Å². The van der Waals surface area contributed by atoms with Crippen molar-refractivity contribution in [1.82, 2.24) is 9.71 Å². The summed E-state index contributed by atoms with van der Waals surface area (Å²) in [4.78, 5) is 14.8. The molecule has 1 aromatic heterocycles. The average Bonchev–Trinajstić information content (AvgIpc) is 3.11. The lowest BCUT2D eigenvalue weighted by molar-refractivity contribution is -0.122. The maximum absolute atomic E-state index is 12.5. The molecule has 0 bridgehead atoms. The van der Waals surface area contributed by atoms with Crippen LogP contribution in [0.2, 0.25) is 0 Å². The Labute approximate surface area is 152 Å². The van der Waals surface area contributed by atoms with Gasteiger partial charge in [0.25, 0.3) is 10.0 Å². The Balaban J connectivity index is 1.75. The first kappa shape index (κ1) is 18.7. The lowest BCUT2D eigenvalue weighted by atomic mass is 10.00. The van der Waals surface area contributed by atoms with Gasteiger partial charge in [0, 0.05) is 17.7 Å². The predicted octanol–water partition coefficient (Wildman–Crippen LogP) is 1.34. The number of aryl methyl sites for hydroxylation is 1. The van der Waals surface area contributed by atoms with Crippen LogP contribution < -0.4 is 4.72 Å². The molecule has 2 heterocycles. The predicted molar refractivity (Wildman–Crippen MR) is 95.9 cm³/mol. The van der Waals surface area contributed by atoms with Gasteiger partial charge < -0.3 is 4.98 Å². The third-order valence-electron chi connectivity index (χ3n) is 4.48. The zero-order valence-corrected chi connectivity index (χ0v) is 16.1. The summed E-state index contributed by atoms with van der Waals surface area (Å²) in [7, 11) is -7.60. The second kappa shape index (κ2) is 6.55. The molecule has 1 aromatic carbocycles. The molecule has 1 atom stereocenters. The van der Waals surface area contributed by atoms with Crippen LogP contribution in [0.25, 0.3) is 0 Å². The van der Waals surface area contributed by atoms with Gasteiger partial charge in [0.15, 0.2) is 14.9 Å². The molecule has 1 amide bonds. The minimum absolute atomic E-state index is 0.00183. The summed E-state index contributed by atoms with van der Waals surface area (Å²) in [6, 6.07) is 7.66. The highest BCUT2D eigenvalue weighted by Gasteiger charge is 2.35. The minimum Gasteiger partial charge on any atom is -0.349 e. The van der Waals surface area contributed by atoms with Gasteiger partial charge in [-0.25, -0.2) is 13.1 Å². The number of aromatic amines is 1. The molecule has 1 unspecified atom stereocenters. The van der Waals surface area contributed by atoms with E-state index in [1.54, 1.807) is 6.92 Å². The van der Waals surface area contributed by atoms with Crippen LogP contribution in [0.15, 0.2) is 40.4 Å². The Morgan fingerprint density at radius 2 is 1.92 bits per heavy atom. The maximum Gasteiger partial charge on any atom is 0.279 e. The van der Waals surface area contributed by atoms with Crippen molar-refractivity contribution >= 4 is 25.8 Å². The monoisotopic (exact) mass is 396 g/mol. The number of nitrogens with one attached hydrogen (secondary N) is 2. The highest BCUT2D eigenvalue weighted by molar-refractivity contribution is 7.92. The summed E-state index contributed by atoms with van der Waals surface area (Å²) in [5, 5.41) is -0.246. The van der Waals surface area contributed by atoms with Crippen molar-refractivity contribution in [3.8, 4) is 0 Å². The zero-order chi connectivity index (χ0) is 19.1. The van der Waals surface area contributed by atoms with E-state index in [9.17, 15) is 21.6 Å². The Morgan fingerprint density at radius 3 is 2.58 bits per heavy atom. The molecule has 0 saturated carbocycles. The summed E-state index contributed by atoms with van der Waals surface area (Å²) in [5.41, 5.74) is 2.25. The molecule has 2 N–H and O–H groups in total. The third-order valence-corrected chi connectivity index (χ3v) is 7.62. The fourth-order valence-corrected chi connectivity index (χ4v) is 5.87. The van der Waals surface area contributed by atoms with Crippen LogP contribution in [-0.4, -0.2) is 33.5 Å². The van der Waals surface area contributed by atoms with Crippen LogP contribution in [0, 0.1) is 12.8 Å². The number of aromatic nitrogens is 1. The number of hydrogen-bond donors (Lipinski definition) is 2. The summed E-state index contributed by atoms with van der Waals surface area (Å²) < 4.78 is 50.8. The molecule has 0 saturated heterocycles. The molecule has 140 valence electrons. The quantitative estimate of drug-likeness (QED) is 0.792. The van der Waals surface area contributed by atoms with E-state index in [1.807, 2.05) is 31.2 Å². The number of carbonyl (C=O) groups is 1. The topological polar surface area (TPSA) is 113 Å². The summed E-state index contributed by atoms with van der Waals surface area (Å²) in [6.07, 6.45) is 1.69. The molecular formula is C17H20N2O5S2. The van der Waals surface area contributed by atoms with Crippen molar-refractivity contribution in [3.05, 3.63) is 47.2 Å². The van der Waals surface area contributed by atoms with Gasteiger partial charge in [0.1, 0.15) is 0 Å². The maximum atomic E-state index is 12.5. The Hall–Kier alpha value is -2.13. The first-order chi connectivity index (χ1) is 12.1. The molecule has 1 aliphatic rings. The zero-order valence-electron chi connectivity index (χ0n) is 14.4. The lowest BCUT2D eigenvalue weighted by Gasteiger charge is -2.13. The average molecular weight is 396 g/mol. The molecule has 0 spiro atoms. The number of fused-ring (bicyclic) bond motifs is 1. The Morgan fingerprint density at radius 1 is 1.27 bits per heavy atom. The van der Waals surface area contributed by atoms with Crippen LogP contribution in [0.5, 0.6) is 0 Å². The van der Waals surface area contributed by atoms with Crippen molar-refractivity contribution in [2.75, 3.05) is 5.75 Å². The third kappa shape index (κ3) is 3.54. The van der Waals surface area contributed by atoms with E-state index in [0.29, 0.717) is 6.42 Å². The second-order valence-corrected chi connectivity index (χ2v) is 10.3. The minimum atomic E-state index is -4.16. The number of amides is 1. The molecule has 0 fully saturated rings. The van der Waals surface area contributed by atoms with Gasteiger partial charge in [-0.3, -0.25) is 4.79 Å². The van der Waals surface area contributed by atoms with Gasteiger partial charge in [0.2, 0.25) is 5.91 Å². The largest absolute Gasteiger partial charge is 0.349 e. The van der Waals surface area contributed by atoms with Crippen molar-refractivity contribution in [1.29, 1.82) is 0 Å². The molecular weight excluding hydrogens is 376 g/mol. The van der Waals surface area contributed by atoms with E-state index < -0.39 is 31.7 Å². The number of sulfone groups is 1. The molecule has 2 aromatic rings. The van der Waals surface area contributed by atoms with Crippen LogP contribution in [0.3, 0.4) is 0 Å². The van der Waals surface area contributed by atoms with Gasteiger partial charge in [0.05, 0.1) is 10.6 Å². The molecule has 26 heavy (non-hydrogen) atoms. The smallest absolute Gasteiger partial charge is 0.279 e. The number of sulfonamides is 1. The number of hydrogen-bond acceptors (Lipinski definition) is 5. The summed E-state index contributed by atoms with van der Waals surface area (Å²) >= 11 is 0. The number of H-pyrrole nitrogens is 1. The van der Waals surface area contributed by atoms with Crippen LogP contribution in [0.4, 0.5) is 0 Å². The highest BCUT2D eigenvalue weighted by atomic mass is 32.2. The van der Waals surface area contributed by atoms with Crippen molar-refractivity contribution in [2.45, 2.75) is 36.6 Å². The molecule has 0 aliphatic carbocycles. The van der Waals surface area contributed by atoms with E-state index in [1.165, 1.54) is 6.20 Å². The van der Waals surface area contributed by atoms with Gasteiger partial charge in [-0.2, -0.15) is 8.42 Å². The van der Waals surface area contributed by atoms with Crippen molar-refractivity contribution in [2.24, 2.45) is 5.92 Å². The SMILES string of the molecule is Cc1ccc(CC(C)C(=O)NS(=O)(=O)c2[nH]cc3c2CCS3(=O)=O)cc1. The van der Waals surface area contributed by atoms with Crippen LogP contribution in [-0.2, 0) is 37.5 Å².